The Morgan fingerprint density at radius 1 is 1.35 bits per heavy atom. The summed E-state index contributed by atoms with van der Waals surface area (Å²) in [5, 5.41) is 3.47. The van der Waals surface area contributed by atoms with E-state index in [4.69, 9.17) is 0 Å². The summed E-state index contributed by atoms with van der Waals surface area (Å²) in [7, 11) is 0. The number of aromatic amines is 1. The average Bonchev–Trinajstić information content (AvgIpc) is 2.81. The van der Waals surface area contributed by atoms with Gasteiger partial charge in [0, 0.05) is 18.9 Å². The first-order valence-electron chi connectivity index (χ1n) is 5.95. The van der Waals surface area contributed by atoms with E-state index >= 15 is 0 Å². The maximum Gasteiger partial charge on any atom is 0.122 e. The molecule has 0 aliphatic heterocycles. The Hall–Kier alpha value is -1.61. The van der Waals surface area contributed by atoms with E-state index in [9.17, 15) is 0 Å². The molecule has 0 aliphatic rings. The van der Waals surface area contributed by atoms with Gasteiger partial charge in [-0.2, -0.15) is 0 Å². The molecule has 17 heavy (non-hydrogen) atoms. The lowest BCUT2D eigenvalue weighted by atomic mass is 10.1. The minimum atomic E-state index is 0.241. The van der Waals surface area contributed by atoms with Crippen LogP contribution in [-0.2, 0) is 6.54 Å². The van der Waals surface area contributed by atoms with E-state index in [2.05, 4.69) is 54.3 Å². The van der Waals surface area contributed by atoms with Crippen LogP contribution in [0.2, 0.25) is 0 Å². The molecule has 1 aromatic heterocycles. The molecule has 1 unspecified atom stereocenters. The Bertz CT molecular complexity index is 474. The Labute approximate surface area is 102 Å². The van der Waals surface area contributed by atoms with Crippen molar-refractivity contribution in [1.82, 2.24) is 15.3 Å². The van der Waals surface area contributed by atoms with Crippen molar-refractivity contribution in [3.05, 3.63) is 53.1 Å². The van der Waals surface area contributed by atoms with Crippen molar-refractivity contribution < 1.29 is 0 Å². The molecule has 0 radical (unpaired) electrons. The molecule has 3 nitrogen and oxygen atoms in total. The second kappa shape index (κ2) is 5.15. The molecule has 0 saturated carbocycles. The summed E-state index contributed by atoms with van der Waals surface area (Å²) in [6.07, 6.45) is 3.63. The predicted octanol–water partition coefficient (Wildman–Crippen LogP) is 2.88. The highest BCUT2D eigenvalue weighted by Gasteiger charge is 2.07. The Morgan fingerprint density at radius 2 is 2.18 bits per heavy atom. The third-order valence-electron chi connectivity index (χ3n) is 3.03. The highest BCUT2D eigenvalue weighted by molar-refractivity contribution is 5.30. The number of aromatic nitrogens is 2. The van der Waals surface area contributed by atoms with E-state index in [-0.39, 0.29) is 6.04 Å². The zero-order valence-electron chi connectivity index (χ0n) is 10.6. The van der Waals surface area contributed by atoms with Gasteiger partial charge in [0.25, 0.3) is 0 Å². The molecule has 2 N–H and O–H groups in total. The molecule has 90 valence electrons. The van der Waals surface area contributed by atoms with Crippen LogP contribution in [0, 0.1) is 13.8 Å². The summed E-state index contributed by atoms with van der Waals surface area (Å²) in [5.74, 6) is 0.981. The normalized spacial score (nSPS) is 12.6. The average molecular weight is 229 g/mol. The van der Waals surface area contributed by atoms with Crippen molar-refractivity contribution in [2.75, 3.05) is 0 Å². The smallest absolute Gasteiger partial charge is 0.122 e. The summed E-state index contributed by atoms with van der Waals surface area (Å²) >= 11 is 0. The van der Waals surface area contributed by atoms with Gasteiger partial charge in [-0.25, -0.2) is 4.98 Å². The lowest BCUT2D eigenvalue weighted by Gasteiger charge is -2.13. The summed E-state index contributed by atoms with van der Waals surface area (Å²) < 4.78 is 0. The third kappa shape index (κ3) is 2.94. The maximum atomic E-state index is 4.25. The standard InChI is InChI=1S/C14H19N3/c1-10-4-5-13(11(2)8-10)9-17-12(3)14-15-6-7-16-14/h4-8,12,17H,9H2,1-3H3,(H,15,16). The number of rotatable bonds is 4. The zero-order chi connectivity index (χ0) is 12.3. The molecule has 0 amide bonds. The third-order valence-corrected chi connectivity index (χ3v) is 3.03. The number of imidazole rings is 1. The van der Waals surface area contributed by atoms with Crippen LogP contribution in [0.4, 0.5) is 0 Å². The van der Waals surface area contributed by atoms with Crippen LogP contribution in [0.25, 0.3) is 0 Å². The van der Waals surface area contributed by atoms with E-state index < -0.39 is 0 Å². The lowest BCUT2D eigenvalue weighted by molar-refractivity contribution is 0.550. The van der Waals surface area contributed by atoms with Crippen LogP contribution < -0.4 is 5.32 Å². The van der Waals surface area contributed by atoms with Crippen molar-refractivity contribution in [3.63, 3.8) is 0 Å². The van der Waals surface area contributed by atoms with Crippen LogP contribution in [0.15, 0.2) is 30.6 Å². The minimum absolute atomic E-state index is 0.241. The van der Waals surface area contributed by atoms with E-state index in [0.717, 1.165) is 12.4 Å². The summed E-state index contributed by atoms with van der Waals surface area (Å²) in [6.45, 7) is 7.26. The molecule has 1 aromatic carbocycles. The Kier molecular flexibility index (Phi) is 3.59. The SMILES string of the molecule is Cc1ccc(CNC(C)c2ncc[nH]2)c(C)c1. The number of benzene rings is 1. The Morgan fingerprint density at radius 3 is 2.82 bits per heavy atom. The van der Waals surface area contributed by atoms with E-state index in [0.29, 0.717) is 0 Å². The topological polar surface area (TPSA) is 40.7 Å². The summed E-state index contributed by atoms with van der Waals surface area (Å²) in [4.78, 5) is 7.37. The van der Waals surface area contributed by atoms with Gasteiger partial charge in [0.2, 0.25) is 0 Å². The monoisotopic (exact) mass is 229 g/mol. The van der Waals surface area contributed by atoms with Gasteiger partial charge in [-0.15, -0.1) is 0 Å². The minimum Gasteiger partial charge on any atom is -0.347 e. The highest BCUT2D eigenvalue weighted by Crippen LogP contribution is 2.12. The maximum absolute atomic E-state index is 4.25. The van der Waals surface area contributed by atoms with Crippen molar-refractivity contribution in [2.45, 2.75) is 33.4 Å². The van der Waals surface area contributed by atoms with Crippen LogP contribution in [0.3, 0.4) is 0 Å². The quantitative estimate of drug-likeness (QED) is 0.846. The first kappa shape index (κ1) is 11.9. The highest BCUT2D eigenvalue weighted by atomic mass is 15.0. The fourth-order valence-corrected chi connectivity index (χ4v) is 1.92. The molecule has 0 fully saturated rings. The first-order valence-corrected chi connectivity index (χ1v) is 5.95. The second-order valence-corrected chi connectivity index (χ2v) is 4.51. The molecule has 2 rings (SSSR count). The van der Waals surface area contributed by atoms with Gasteiger partial charge < -0.3 is 10.3 Å². The van der Waals surface area contributed by atoms with Crippen molar-refractivity contribution in [1.29, 1.82) is 0 Å². The number of hydrogen-bond donors (Lipinski definition) is 2. The van der Waals surface area contributed by atoms with Crippen LogP contribution in [-0.4, -0.2) is 9.97 Å². The number of nitrogens with zero attached hydrogens (tertiary/aromatic N) is 1. The Balaban J connectivity index is 1.98. The largest absolute Gasteiger partial charge is 0.347 e. The van der Waals surface area contributed by atoms with E-state index in [1.54, 1.807) is 6.20 Å². The molecular formula is C14H19N3. The molecule has 1 heterocycles. The van der Waals surface area contributed by atoms with E-state index in [1.165, 1.54) is 16.7 Å². The number of hydrogen-bond acceptors (Lipinski definition) is 2. The van der Waals surface area contributed by atoms with Crippen molar-refractivity contribution >= 4 is 0 Å². The van der Waals surface area contributed by atoms with Crippen molar-refractivity contribution in [3.8, 4) is 0 Å². The van der Waals surface area contributed by atoms with Crippen LogP contribution >= 0.6 is 0 Å². The molecule has 0 spiro atoms. The molecule has 0 bridgehead atoms. The fourth-order valence-electron chi connectivity index (χ4n) is 1.92. The lowest BCUT2D eigenvalue weighted by Crippen LogP contribution is -2.19. The van der Waals surface area contributed by atoms with Gasteiger partial charge in [-0.3, -0.25) is 0 Å². The number of H-pyrrole nitrogens is 1. The van der Waals surface area contributed by atoms with Gasteiger partial charge >= 0.3 is 0 Å². The van der Waals surface area contributed by atoms with Gasteiger partial charge in [0.1, 0.15) is 5.82 Å². The number of nitrogens with one attached hydrogen (secondary N) is 2. The summed E-state index contributed by atoms with van der Waals surface area (Å²) in [6, 6.07) is 6.80. The second-order valence-electron chi connectivity index (χ2n) is 4.51. The van der Waals surface area contributed by atoms with E-state index in [1.807, 2.05) is 6.20 Å². The fraction of sp³-hybridized carbons (Fsp3) is 0.357. The van der Waals surface area contributed by atoms with Crippen molar-refractivity contribution in [2.24, 2.45) is 0 Å². The van der Waals surface area contributed by atoms with Gasteiger partial charge in [0.15, 0.2) is 0 Å². The van der Waals surface area contributed by atoms with Crippen LogP contribution in [0.5, 0.6) is 0 Å². The molecule has 0 aliphatic carbocycles. The molecular weight excluding hydrogens is 210 g/mol. The predicted molar refractivity (Wildman–Crippen MR) is 69.8 cm³/mol. The first-order chi connectivity index (χ1) is 8.16. The van der Waals surface area contributed by atoms with Gasteiger partial charge in [-0.1, -0.05) is 23.8 Å². The summed E-state index contributed by atoms with van der Waals surface area (Å²) in [5.41, 5.74) is 3.99. The molecule has 0 saturated heterocycles. The number of aryl methyl sites for hydroxylation is 2. The zero-order valence-corrected chi connectivity index (χ0v) is 10.6. The molecule has 2 aromatic rings. The molecule has 1 atom stereocenters. The van der Waals surface area contributed by atoms with Gasteiger partial charge in [0.05, 0.1) is 6.04 Å². The van der Waals surface area contributed by atoms with Crippen LogP contribution in [0.1, 0.15) is 35.5 Å². The molecule has 3 heteroatoms. The van der Waals surface area contributed by atoms with Gasteiger partial charge in [-0.05, 0) is 31.9 Å².